The van der Waals surface area contributed by atoms with Gasteiger partial charge >= 0.3 is 0 Å². The van der Waals surface area contributed by atoms with E-state index in [0.717, 1.165) is 16.8 Å². The average molecular weight is 307 g/mol. The molecule has 5 nitrogen and oxygen atoms in total. The lowest BCUT2D eigenvalue weighted by atomic mass is 10.1. The predicted octanol–water partition coefficient (Wildman–Crippen LogP) is 1.70. The third-order valence-electron chi connectivity index (χ3n) is 3.38. The van der Waals surface area contributed by atoms with E-state index in [1.807, 2.05) is 37.4 Å². The van der Waals surface area contributed by atoms with Crippen molar-refractivity contribution in [2.75, 3.05) is 18.6 Å². The van der Waals surface area contributed by atoms with Gasteiger partial charge in [-0.1, -0.05) is 37.3 Å². The summed E-state index contributed by atoms with van der Waals surface area (Å²) in [6.07, 6.45) is 1.80. The Bertz CT molecular complexity index is 678. The minimum absolute atomic E-state index is 0.115. The van der Waals surface area contributed by atoms with Gasteiger partial charge < -0.3 is 5.32 Å². The number of hydrogen-bond donors (Lipinski definition) is 1. The standard InChI is InChI=1S/C15H21N3O2S/c1-3-21(19,20)10-9-18-15(13-7-5-4-6-8-13)14(11-16-2)12-17-18/h4-8,12,16H,3,9-11H2,1-2H3. The van der Waals surface area contributed by atoms with Crippen LogP contribution >= 0.6 is 0 Å². The van der Waals surface area contributed by atoms with E-state index in [1.165, 1.54) is 0 Å². The lowest BCUT2D eigenvalue weighted by molar-refractivity contribution is 0.583. The van der Waals surface area contributed by atoms with E-state index in [-0.39, 0.29) is 11.5 Å². The van der Waals surface area contributed by atoms with Gasteiger partial charge in [-0.25, -0.2) is 8.42 Å². The number of nitrogens with zero attached hydrogens (tertiary/aromatic N) is 2. The van der Waals surface area contributed by atoms with Crippen molar-refractivity contribution >= 4 is 9.84 Å². The van der Waals surface area contributed by atoms with Crippen molar-refractivity contribution in [3.8, 4) is 11.3 Å². The first-order valence-corrected chi connectivity index (χ1v) is 8.84. The maximum Gasteiger partial charge on any atom is 0.151 e. The molecule has 21 heavy (non-hydrogen) atoms. The van der Waals surface area contributed by atoms with Crippen LogP contribution in [0.4, 0.5) is 0 Å². The Hall–Kier alpha value is -1.66. The SMILES string of the molecule is CCS(=O)(=O)CCn1ncc(CNC)c1-c1ccccc1. The van der Waals surface area contributed by atoms with Crippen LogP contribution < -0.4 is 5.32 Å². The summed E-state index contributed by atoms with van der Waals surface area (Å²) < 4.78 is 25.2. The van der Waals surface area contributed by atoms with Crippen molar-refractivity contribution in [2.24, 2.45) is 0 Å². The molecule has 6 heteroatoms. The molecule has 0 atom stereocenters. The van der Waals surface area contributed by atoms with Crippen LogP contribution in [0.1, 0.15) is 12.5 Å². The van der Waals surface area contributed by atoms with Crippen LogP contribution in [-0.4, -0.2) is 36.8 Å². The molecule has 0 saturated carbocycles. The van der Waals surface area contributed by atoms with Crippen molar-refractivity contribution in [3.05, 3.63) is 42.1 Å². The summed E-state index contributed by atoms with van der Waals surface area (Å²) in [4.78, 5) is 0. The molecule has 1 heterocycles. The molecular formula is C15H21N3O2S. The Morgan fingerprint density at radius 2 is 1.95 bits per heavy atom. The quantitative estimate of drug-likeness (QED) is 0.846. The second-order valence-corrected chi connectivity index (χ2v) is 7.35. The molecule has 0 fully saturated rings. The Kier molecular flexibility index (Phi) is 5.14. The van der Waals surface area contributed by atoms with Gasteiger partial charge in [-0.15, -0.1) is 0 Å². The molecule has 0 spiro atoms. The van der Waals surface area contributed by atoms with Gasteiger partial charge in [0, 0.05) is 23.4 Å². The largest absolute Gasteiger partial charge is 0.316 e. The fourth-order valence-electron chi connectivity index (χ4n) is 2.21. The van der Waals surface area contributed by atoms with Crippen LogP contribution in [-0.2, 0) is 22.9 Å². The highest BCUT2D eigenvalue weighted by Gasteiger charge is 2.15. The highest BCUT2D eigenvalue weighted by molar-refractivity contribution is 7.91. The number of nitrogens with one attached hydrogen (secondary N) is 1. The van der Waals surface area contributed by atoms with Crippen LogP contribution in [0.3, 0.4) is 0 Å². The molecule has 2 aromatic rings. The number of benzene rings is 1. The zero-order valence-electron chi connectivity index (χ0n) is 12.4. The van der Waals surface area contributed by atoms with E-state index >= 15 is 0 Å². The third-order valence-corrected chi connectivity index (χ3v) is 5.07. The molecule has 114 valence electrons. The molecule has 1 aromatic heterocycles. The number of sulfone groups is 1. The molecule has 0 aliphatic carbocycles. The minimum Gasteiger partial charge on any atom is -0.316 e. The van der Waals surface area contributed by atoms with E-state index in [4.69, 9.17) is 0 Å². The number of rotatable bonds is 7. The van der Waals surface area contributed by atoms with Gasteiger partial charge in [-0.05, 0) is 7.05 Å². The van der Waals surface area contributed by atoms with Gasteiger partial charge in [0.1, 0.15) is 0 Å². The number of aryl methyl sites for hydroxylation is 1. The Balaban J connectivity index is 2.34. The van der Waals surface area contributed by atoms with Gasteiger partial charge in [-0.2, -0.15) is 5.10 Å². The molecule has 0 bridgehead atoms. The Morgan fingerprint density at radius 3 is 2.57 bits per heavy atom. The normalized spacial score (nSPS) is 11.7. The molecule has 0 unspecified atom stereocenters. The monoisotopic (exact) mass is 307 g/mol. The van der Waals surface area contributed by atoms with Crippen molar-refractivity contribution < 1.29 is 8.42 Å². The van der Waals surface area contributed by atoms with Crippen LogP contribution in [0.25, 0.3) is 11.3 Å². The van der Waals surface area contributed by atoms with Gasteiger partial charge in [0.2, 0.25) is 0 Å². The van der Waals surface area contributed by atoms with E-state index in [0.29, 0.717) is 13.1 Å². The van der Waals surface area contributed by atoms with Gasteiger partial charge in [-0.3, -0.25) is 4.68 Å². The van der Waals surface area contributed by atoms with Crippen molar-refractivity contribution in [2.45, 2.75) is 20.0 Å². The molecular weight excluding hydrogens is 286 g/mol. The van der Waals surface area contributed by atoms with Gasteiger partial charge in [0.15, 0.2) is 9.84 Å². The summed E-state index contributed by atoms with van der Waals surface area (Å²) in [5, 5.41) is 7.48. The highest BCUT2D eigenvalue weighted by atomic mass is 32.2. The molecule has 1 aromatic carbocycles. The maximum absolute atomic E-state index is 11.7. The lowest BCUT2D eigenvalue weighted by Crippen LogP contribution is -2.16. The molecule has 0 radical (unpaired) electrons. The second kappa shape index (κ2) is 6.87. The fraction of sp³-hybridized carbons (Fsp3) is 0.400. The zero-order valence-corrected chi connectivity index (χ0v) is 13.2. The number of aromatic nitrogens is 2. The first kappa shape index (κ1) is 15.7. The van der Waals surface area contributed by atoms with E-state index < -0.39 is 9.84 Å². The molecule has 0 aliphatic heterocycles. The summed E-state index contributed by atoms with van der Waals surface area (Å²) >= 11 is 0. The van der Waals surface area contributed by atoms with Crippen LogP contribution in [0.15, 0.2) is 36.5 Å². The highest BCUT2D eigenvalue weighted by Crippen LogP contribution is 2.23. The summed E-state index contributed by atoms with van der Waals surface area (Å²) in [6.45, 7) is 2.75. The average Bonchev–Trinajstić information content (AvgIpc) is 2.89. The molecule has 2 rings (SSSR count). The Morgan fingerprint density at radius 1 is 1.24 bits per heavy atom. The van der Waals surface area contributed by atoms with Crippen LogP contribution in [0.2, 0.25) is 0 Å². The van der Waals surface area contributed by atoms with Crippen LogP contribution in [0.5, 0.6) is 0 Å². The smallest absolute Gasteiger partial charge is 0.151 e. The summed E-state index contributed by atoms with van der Waals surface area (Å²) in [5.41, 5.74) is 3.10. The van der Waals surface area contributed by atoms with Crippen molar-refractivity contribution in [3.63, 3.8) is 0 Å². The fourth-order valence-corrected chi connectivity index (χ4v) is 2.95. The summed E-state index contributed by atoms with van der Waals surface area (Å²) in [7, 11) is -1.11. The van der Waals surface area contributed by atoms with Gasteiger partial charge in [0.25, 0.3) is 0 Å². The summed E-state index contributed by atoms with van der Waals surface area (Å²) in [5.74, 6) is 0.280. The van der Waals surface area contributed by atoms with Crippen molar-refractivity contribution in [1.29, 1.82) is 0 Å². The predicted molar refractivity (Wildman–Crippen MR) is 84.8 cm³/mol. The van der Waals surface area contributed by atoms with Crippen LogP contribution in [0, 0.1) is 0 Å². The van der Waals surface area contributed by atoms with Crippen molar-refractivity contribution in [1.82, 2.24) is 15.1 Å². The second-order valence-electron chi connectivity index (χ2n) is 4.87. The van der Waals surface area contributed by atoms with E-state index in [2.05, 4.69) is 10.4 Å². The van der Waals surface area contributed by atoms with E-state index in [1.54, 1.807) is 17.8 Å². The number of hydrogen-bond acceptors (Lipinski definition) is 4. The molecule has 0 saturated heterocycles. The molecule has 1 N–H and O–H groups in total. The maximum atomic E-state index is 11.7. The first-order valence-electron chi connectivity index (χ1n) is 7.02. The molecule has 0 amide bonds. The first-order chi connectivity index (χ1) is 10.1. The topological polar surface area (TPSA) is 64.0 Å². The lowest BCUT2D eigenvalue weighted by Gasteiger charge is -2.10. The van der Waals surface area contributed by atoms with Gasteiger partial charge in [0.05, 0.1) is 24.2 Å². The Labute approximate surface area is 125 Å². The minimum atomic E-state index is -3.00. The molecule has 0 aliphatic rings. The summed E-state index contributed by atoms with van der Waals surface area (Å²) in [6, 6.07) is 9.93. The zero-order chi connectivity index (χ0) is 15.3. The van der Waals surface area contributed by atoms with E-state index in [9.17, 15) is 8.42 Å². The third kappa shape index (κ3) is 3.92.